The van der Waals surface area contributed by atoms with Crippen molar-refractivity contribution in [3.8, 4) is 16.9 Å². The maximum atomic E-state index is 6.18. The quantitative estimate of drug-likeness (QED) is 0.582. The molecule has 6 nitrogen and oxygen atoms in total. The van der Waals surface area contributed by atoms with Crippen LogP contribution in [0.2, 0.25) is 0 Å². The van der Waals surface area contributed by atoms with E-state index in [4.69, 9.17) is 10.5 Å². The molecule has 0 bridgehead atoms. The molecule has 0 amide bonds. The first-order valence-corrected chi connectivity index (χ1v) is 8.12. The van der Waals surface area contributed by atoms with Crippen LogP contribution in [0, 0.1) is 0 Å². The first-order chi connectivity index (χ1) is 12.7. The van der Waals surface area contributed by atoms with Gasteiger partial charge in [-0.3, -0.25) is 4.98 Å². The summed E-state index contributed by atoms with van der Waals surface area (Å²) in [7, 11) is 1.62. The number of aromatic nitrogens is 3. The number of ether oxygens (including phenoxy) is 1. The van der Waals surface area contributed by atoms with Gasteiger partial charge in [0.15, 0.2) is 0 Å². The number of nitrogens with two attached hydrogens (primary N) is 1. The molecule has 0 saturated heterocycles. The van der Waals surface area contributed by atoms with Gasteiger partial charge in [-0.2, -0.15) is 4.98 Å². The summed E-state index contributed by atoms with van der Waals surface area (Å²) < 4.78 is 5.33. The molecule has 0 atom stereocenters. The molecule has 0 aliphatic heterocycles. The Morgan fingerprint density at radius 1 is 1.00 bits per heavy atom. The second-order valence-electron chi connectivity index (χ2n) is 5.73. The normalized spacial score (nSPS) is 10.7. The van der Waals surface area contributed by atoms with Crippen molar-refractivity contribution >= 4 is 28.4 Å². The molecule has 2 heterocycles. The second-order valence-corrected chi connectivity index (χ2v) is 5.73. The highest BCUT2D eigenvalue weighted by atomic mass is 16.5. The van der Waals surface area contributed by atoms with Crippen LogP contribution in [0.4, 0.5) is 17.5 Å². The van der Waals surface area contributed by atoms with Crippen molar-refractivity contribution in [1.29, 1.82) is 0 Å². The van der Waals surface area contributed by atoms with E-state index in [0.29, 0.717) is 17.5 Å². The van der Waals surface area contributed by atoms with E-state index < -0.39 is 0 Å². The zero-order chi connectivity index (χ0) is 17.9. The summed E-state index contributed by atoms with van der Waals surface area (Å²) in [5, 5.41) is 4.18. The number of nitrogens with one attached hydrogen (secondary N) is 1. The van der Waals surface area contributed by atoms with Crippen LogP contribution in [0.1, 0.15) is 0 Å². The molecule has 0 aliphatic carbocycles. The smallest absolute Gasteiger partial charge is 0.229 e. The lowest BCUT2D eigenvalue weighted by Crippen LogP contribution is -2.03. The maximum Gasteiger partial charge on any atom is 0.229 e. The summed E-state index contributed by atoms with van der Waals surface area (Å²) in [4.78, 5) is 13.1. The van der Waals surface area contributed by atoms with Gasteiger partial charge in [-0.05, 0) is 35.9 Å². The van der Waals surface area contributed by atoms with Gasteiger partial charge in [-0.15, -0.1) is 0 Å². The van der Waals surface area contributed by atoms with Gasteiger partial charge in [0.05, 0.1) is 18.3 Å². The Hall–Kier alpha value is -3.67. The van der Waals surface area contributed by atoms with Crippen molar-refractivity contribution in [1.82, 2.24) is 15.0 Å². The van der Waals surface area contributed by atoms with Crippen molar-refractivity contribution in [3.63, 3.8) is 0 Å². The molecule has 128 valence electrons. The number of fused-ring (bicyclic) bond motifs is 1. The van der Waals surface area contributed by atoms with Crippen molar-refractivity contribution in [3.05, 3.63) is 67.0 Å². The highest BCUT2D eigenvalue weighted by molar-refractivity contribution is 5.86. The number of rotatable bonds is 4. The monoisotopic (exact) mass is 343 g/mol. The lowest BCUT2D eigenvalue weighted by atomic mass is 10.1. The summed E-state index contributed by atoms with van der Waals surface area (Å²) in [6.45, 7) is 0. The molecule has 2 aromatic carbocycles. The Morgan fingerprint density at radius 2 is 1.88 bits per heavy atom. The molecular weight excluding hydrogens is 326 g/mol. The molecular formula is C20H17N5O. The van der Waals surface area contributed by atoms with Crippen molar-refractivity contribution in [2.24, 2.45) is 0 Å². The van der Waals surface area contributed by atoms with Gasteiger partial charge in [0, 0.05) is 23.3 Å². The number of nitrogens with zero attached hydrogens (tertiary/aromatic N) is 3. The standard InChI is InChI=1S/C20H17N5O/c1-26-18-7-3-2-6-17(18)24-20-23-12-15(19(21)25-20)13-8-9-16-14(11-13)5-4-10-22-16/h2-12H,1H3,(H3,21,23,24,25). The van der Waals surface area contributed by atoms with Crippen LogP contribution >= 0.6 is 0 Å². The minimum atomic E-state index is 0.403. The molecule has 0 aliphatic rings. The van der Waals surface area contributed by atoms with Crippen LogP contribution < -0.4 is 15.8 Å². The fourth-order valence-corrected chi connectivity index (χ4v) is 2.79. The largest absolute Gasteiger partial charge is 0.495 e. The Kier molecular flexibility index (Phi) is 4.07. The van der Waals surface area contributed by atoms with Crippen LogP contribution in [0.15, 0.2) is 67.0 Å². The van der Waals surface area contributed by atoms with Gasteiger partial charge >= 0.3 is 0 Å². The molecule has 2 aromatic heterocycles. The van der Waals surface area contributed by atoms with E-state index in [2.05, 4.69) is 20.3 Å². The summed E-state index contributed by atoms with van der Waals surface area (Å²) in [5.74, 6) is 1.53. The van der Waals surface area contributed by atoms with Crippen LogP contribution in [0.25, 0.3) is 22.0 Å². The third kappa shape index (κ3) is 3.00. The third-order valence-corrected chi connectivity index (χ3v) is 4.09. The Labute approximate surface area is 150 Å². The zero-order valence-electron chi connectivity index (χ0n) is 14.2. The number of hydrogen-bond donors (Lipinski definition) is 2. The molecule has 0 fully saturated rings. The van der Waals surface area contributed by atoms with Crippen molar-refractivity contribution in [2.75, 3.05) is 18.2 Å². The summed E-state index contributed by atoms with van der Waals surface area (Å²) in [6, 6.07) is 17.5. The average Bonchev–Trinajstić information content (AvgIpc) is 2.68. The summed E-state index contributed by atoms with van der Waals surface area (Å²) in [5.41, 5.74) is 9.63. The fraction of sp³-hybridized carbons (Fsp3) is 0.0500. The number of nitrogen functional groups attached to an aromatic ring is 1. The van der Waals surface area contributed by atoms with E-state index >= 15 is 0 Å². The molecule has 0 unspecified atom stereocenters. The van der Waals surface area contributed by atoms with Gasteiger partial charge in [-0.1, -0.05) is 24.3 Å². The van der Waals surface area contributed by atoms with E-state index in [0.717, 1.165) is 27.7 Å². The number of benzene rings is 2. The van der Waals surface area contributed by atoms with Crippen molar-refractivity contribution in [2.45, 2.75) is 0 Å². The lowest BCUT2D eigenvalue weighted by Gasteiger charge is -2.11. The van der Waals surface area contributed by atoms with E-state index in [1.54, 1.807) is 19.5 Å². The van der Waals surface area contributed by atoms with Gasteiger partial charge in [-0.25, -0.2) is 4.98 Å². The van der Waals surface area contributed by atoms with E-state index in [1.807, 2.05) is 54.6 Å². The molecule has 3 N–H and O–H groups in total. The number of hydrogen-bond acceptors (Lipinski definition) is 6. The molecule has 0 saturated carbocycles. The van der Waals surface area contributed by atoms with Crippen LogP contribution in [-0.2, 0) is 0 Å². The molecule has 0 radical (unpaired) electrons. The Morgan fingerprint density at radius 3 is 2.73 bits per heavy atom. The highest BCUT2D eigenvalue weighted by Crippen LogP contribution is 2.29. The zero-order valence-corrected chi connectivity index (χ0v) is 14.2. The topological polar surface area (TPSA) is 86.0 Å². The van der Waals surface area contributed by atoms with E-state index in [1.165, 1.54) is 0 Å². The minimum Gasteiger partial charge on any atom is -0.495 e. The van der Waals surface area contributed by atoms with Crippen molar-refractivity contribution < 1.29 is 4.74 Å². The van der Waals surface area contributed by atoms with E-state index in [-0.39, 0.29) is 0 Å². The lowest BCUT2D eigenvalue weighted by molar-refractivity contribution is 0.417. The van der Waals surface area contributed by atoms with Gasteiger partial charge < -0.3 is 15.8 Å². The first-order valence-electron chi connectivity index (χ1n) is 8.12. The van der Waals surface area contributed by atoms with Crippen LogP contribution in [-0.4, -0.2) is 22.1 Å². The Bertz CT molecular complexity index is 1080. The van der Waals surface area contributed by atoms with Gasteiger partial charge in [0.1, 0.15) is 11.6 Å². The molecule has 0 spiro atoms. The summed E-state index contributed by atoms with van der Waals surface area (Å²) in [6.07, 6.45) is 3.50. The van der Waals surface area contributed by atoms with Gasteiger partial charge in [0.25, 0.3) is 0 Å². The predicted molar refractivity (Wildman–Crippen MR) is 103 cm³/mol. The molecule has 26 heavy (non-hydrogen) atoms. The maximum absolute atomic E-state index is 6.18. The Balaban J connectivity index is 1.67. The third-order valence-electron chi connectivity index (χ3n) is 4.09. The SMILES string of the molecule is COc1ccccc1Nc1ncc(-c2ccc3ncccc3c2)c(N)n1. The first kappa shape index (κ1) is 15.8. The second kappa shape index (κ2) is 6.68. The number of methoxy groups -OCH3 is 1. The summed E-state index contributed by atoms with van der Waals surface area (Å²) >= 11 is 0. The van der Waals surface area contributed by atoms with E-state index in [9.17, 15) is 0 Å². The molecule has 4 aromatic rings. The number of anilines is 3. The minimum absolute atomic E-state index is 0.403. The van der Waals surface area contributed by atoms with Crippen LogP contribution in [0.5, 0.6) is 5.75 Å². The number of pyridine rings is 1. The average molecular weight is 343 g/mol. The van der Waals surface area contributed by atoms with Crippen LogP contribution in [0.3, 0.4) is 0 Å². The fourth-order valence-electron chi connectivity index (χ4n) is 2.79. The number of para-hydroxylation sites is 2. The van der Waals surface area contributed by atoms with Gasteiger partial charge in [0.2, 0.25) is 5.95 Å². The highest BCUT2D eigenvalue weighted by Gasteiger charge is 2.09. The predicted octanol–water partition coefficient (Wildman–Crippen LogP) is 4.03. The molecule has 4 rings (SSSR count). The molecule has 6 heteroatoms.